The molecule has 2 saturated heterocycles. The second kappa shape index (κ2) is 13.6. The van der Waals surface area contributed by atoms with E-state index in [0.29, 0.717) is 34.3 Å². The van der Waals surface area contributed by atoms with Gasteiger partial charge in [-0.1, -0.05) is 29.8 Å². The van der Waals surface area contributed by atoms with Crippen LogP contribution in [0.25, 0.3) is 0 Å². The lowest BCUT2D eigenvalue weighted by Crippen LogP contribution is -2.52. The quantitative estimate of drug-likeness (QED) is 0.263. The third kappa shape index (κ3) is 7.19. The van der Waals surface area contributed by atoms with E-state index >= 15 is 0 Å². The monoisotopic (exact) mass is 585 g/mol. The Bertz CT molecular complexity index is 1320. The Hall–Kier alpha value is -3.00. The lowest BCUT2D eigenvalue weighted by molar-refractivity contribution is 0.153. The Labute approximate surface area is 242 Å². The van der Waals surface area contributed by atoms with Gasteiger partial charge in [-0.2, -0.15) is 4.98 Å². The Morgan fingerprint density at radius 3 is 2.62 bits per heavy atom. The first-order valence-corrected chi connectivity index (χ1v) is 14.8. The molecule has 13 heteroatoms. The first kappa shape index (κ1) is 28.5. The maximum atomic E-state index is 11.0. The van der Waals surface area contributed by atoms with Gasteiger partial charge in [-0.3, -0.25) is 9.11 Å². The molecule has 40 heavy (non-hydrogen) atoms. The van der Waals surface area contributed by atoms with Gasteiger partial charge in [0.1, 0.15) is 10.8 Å². The Morgan fingerprint density at radius 2 is 1.88 bits per heavy atom. The fraction of sp³-hybridized carbons (Fsp3) is 0.407. The predicted octanol–water partition coefficient (Wildman–Crippen LogP) is 3.38. The molecule has 5 rings (SSSR count). The van der Waals surface area contributed by atoms with Gasteiger partial charge < -0.3 is 30.1 Å². The maximum absolute atomic E-state index is 11.0. The summed E-state index contributed by atoms with van der Waals surface area (Å²) in [5.41, 5.74) is 3.27. The van der Waals surface area contributed by atoms with Crippen molar-refractivity contribution in [2.45, 2.75) is 25.4 Å². The van der Waals surface area contributed by atoms with Crippen LogP contribution in [-0.4, -0.2) is 76.0 Å². The van der Waals surface area contributed by atoms with Crippen LogP contribution in [0.15, 0.2) is 48.7 Å². The summed E-state index contributed by atoms with van der Waals surface area (Å²) in [6.45, 7) is 6.45. The lowest BCUT2D eigenvalue weighted by atomic mass is 10.0. The molecule has 3 aromatic rings. The molecule has 3 heterocycles. The minimum absolute atomic E-state index is 0.129. The van der Waals surface area contributed by atoms with Crippen LogP contribution < -0.4 is 30.3 Å². The van der Waals surface area contributed by atoms with Crippen LogP contribution in [0, 0.1) is 0 Å². The number of hydrogen-bond acceptors (Lipinski definition) is 10. The number of para-hydroxylation sites is 1. The van der Waals surface area contributed by atoms with Crippen LogP contribution in [0.2, 0.25) is 5.02 Å². The number of ether oxygens (including phenoxy) is 1. The van der Waals surface area contributed by atoms with Crippen LogP contribution >= 0.6 is 11.6 Å². The number of halogens is 1. The highest BCUT2D eigenvalue weighted by atomic mass is 35.5. The second-order valence-electron chi connectivity index (χ2n) is 9.74. The highest BCUT2D eigenvalue weighted by molar-refractivity contribution is 7.77. The molecular weight excluding hydrogens is 552 g/mol. The lowest BCUT2D eigenvalue weighted by Gasteiger charge is -2.41. The summed E-state index contributed by atoms with van der Waals surface area (Å²) < 4.78 is 30.0. The van der Waals surface area contributed by atoms with Crippen molar-refractivity contribution in [3.63, 3.8) is 0 Å². The Balaban J connectivity index is 1.26. The van der Waals surface area contributed by atoms with Crippen LogP contribution in [0.1, 0.15) is 18.4 Å². The van der Waals surface area contributed by atoms with E-state index in [9.17, 15) is 8.76 Å². The van der Waals surface area contributed by atoms with E-state index < -0.39 is 11.3 Å². The molecule has 1 aromatic heterocycles. The second-order valence-corrected chi connectivity index (χ2v) is 10.9. The minimum Gasteiger partial charge on any atom is -0.760 e. The number of hydrogen-bond donors (Lipinski definition) is 4. The SMILES string of the molecule is COc1cc(N2CCN(C3CCNCC3)CC2)ccc1Nc1ncc(Cl)c(Nc2ccccc2CNS(=O)[O-])n1. The van der Waals surface area contributed by atoms with E-state index in [2.05, 4.69) is 46.5 Å². The fourth-order valence-corrected chi connectivity index (χ4v) is 5.60. The molecular formula is C27H34ClN8O3S-. The molecule has 0 bridgehead atoms. The number of nitrogens with zero attached hydrogens (tertiary/aromatic N) is 4. The fourth-order valence-electron chi connectivity index (χ4n) is 5.19. The first-order chi connectivity index (χ1) is 19.5. The average Bonchev–Trinajstić information content (AvgIpc) is 2.99. The topological polar surface area (TPSA) is 130 Å². The van der Waals surface area contributed by atoms with Crippen molar-refractivity contribution >= 4 is 51.7 Å². The summed E-state index contributed by atoms with van der Waals surface area (Å²) in [4.78, 5) is 13.9. The molecule has 1 atom stereocenters. The maximum Gasteiger partial charge on any atom is 0.229 e. The van der Waals surface area contributed by atoms with Gasteiger partial charge in [0.25, 0.3) is 0 Å². The van der Waals surface area contributed by atoms with Gasteiger partial charge >= 0.3 is 0 Å². The molecule has 214 valence electrons. The van der Waals surface area contributed by atoms with Crippen molar-refractivity contribution in [3.05, 3.63) is 59.2 Å². The van der Waals surface area contributed by atoms with E-state index in [-0.39, 0.29) is 6.54 Å². The number of methoxy groups -OCH3 is 1. The Kier molecular flexibility index (Phi) is 9.68. The molecule has 2 aromatic carbocycles. The average molecular weight is 586 g/mol. The molecule has 2 aliphatic heterocycles. The largest absolute Gasteiger partial charge is 0.760 e. The summed E-state index contributed by atoms with van der Waals surface area (Å²) in [5.74, 6) is 1.41. The number of piperidine rings is 1. The normalized spacial score (nSPS) is 17.4. The number of piperazine rings is 1. The summed E-state index contributed by atoms with van der Waals surface area (Å²) >= 11 is 4.02. The van der Waals surface area contributed by atoms with E-state index in [1.807, 2.05) is 36.4 Å². The Morgan fingerprint density at radius 1 is 1.10 bits per heavy atom. The molecule has 0 amide bonds. The van der Waals surface area contributed by atoms with Gasteiger partial charge in [-0.15, -0.1) is 0 Å². The molecule has 0 aliphatic carbocycles. The first-order valence-electron chi connectivity index (χ1n) is 13.3. The van der Waals surface area contributed by atoms with Crippen molar-refractivity contribution in [2.75, 3.05) is 61.9 Å². The van der Waals surface area contributed by atoms with Gasteiger partial charge in [-0.05, 0) is 49.7 Å². The molecule has 0 radical (unpaired) electrons. The molecule has 2 aliphatic rings. The summed E-state index contributed by atoms with van der Waals surface area (Å²) in [7, 11) is 1.65. The third-order valence-electron chi connectivity index (χ3n) is 7.33. The van der Waals surface area contributed by atoms with E-state index in [0.717, 1.165) is 56.2 Å². The molecule has 11 nitrogen and oxygen atoms in total. The number of nitrogens with one attached hydrogen (secondary N) is 4. The zero-order valence-corrected chi connectivity index (χ0v) is 23.9. The third-order valence-corrected chi connectivity index (χ3v) is 7.99. The van der Waals surface area contributed by atoms with Gasteiger partial charge in [0.2, 0.25) is 5.95 Å². The molecule has 0 saturated carbocycles. The van der Waals surface area contributed by atoms with Crippen molar-refractivity contribution < 1.29 is 13.5 Å². The number of anilines is 5. The van der Waals surface area contributed by atoms with E-state index in [4.69, 9.17) is 16.3 Å². The highest BCUT2D eigenvalue weighted by Gasteiger charge is 2.25. The van der Waals surface area contributed by atoms with Crippen LogP contribution in [-0.2, 0) is 17.8 Å². The summed E-state index contributed by atoms with van der Waals surface area (Å²) in [5, 5.41) is 10.2. The van der Waals surface area contributed by atoms with E-state index in [1.165, 1.54) is 19.0 Å². The van der Waals surface area contributed by atoms with Gasteiger partial charge in [0, 0.05) is 67.5 Å². The summed E-state index contributed by atoms with van der Waals surface area (Å²) in [6.07, 6.45) is 3.96. The van der Waals surface area contributed by atoms with Crippen molar-refractivity contribution in [1.29, 1.82) is 0 Å². The predicted molar refractivity (Wildman–Crippen MR) is 158 cm³/mol. The number of rotatable bonds is 10. The molecule has 4 N–H and O–H groups in total. The van der Waals surface area contributed by atoms with Crippen LogP contribution in [0.4, 0.5) is 28.8 Å². The number of aromatic nitrogens is 2. The molecule has 0 spiro atoms. The smallest absolute Gasteiger partial charge is 0.229 e. The number of benzene rings is 2. The van der Waals surface area contributed by atoms with E-state index in [1.54, 1.807) is 7.11 Å². The van der Waals surface area contributed by atoms with Crippen molar-refractivity contribution in [2.24, 2.45) is 0 Å². The molecule has 1 unspecified atom stereocenters. The zero-order valence-electron chi connectivity index (χ0n) is 22.4. The minimum atomic E-state index is -2.37. The van der Waals surface area contributed by atoms with Crippen molar-refractivity contribution in [1.82, 2.24) is 24.9 Å². The van der Waals surface area contributed by atoms with Gasteiger partial charge in [0.15, 0.2) is 5.82 Å². The summed E-state index contributed by atoms with van der Waals surface area (Å²) in [6, 6.07) is 14.1. The van der Waals surface area contributed by atoms with Crippen LogP contribution in [0.5, 0.6) is 5.75 Å². The standard InChI is InChI=1S/C27H35ClN8O3S/c1-39-25-16-21(36-14-12-35(13-15-36)20-8-10-29-11-9-20)6-7-24(25)33-27-30-18-22(28)26(34-27)32-23-5-3-2-4-19(23)17-31-40(37)38/h2-7,16,18,20,29,31H,8-15,17H2,1H3,(H,37,38)(H2,30,32,33,34)/p-1. The van der Waals surface area contributed by atoms with Gasteiger partial charge in [0.05, 0.1) is 19.0 Å². The highest BCUT2D eigenvalue weighted by Crippen LogP contribution is 2.33. The van der Waals surface area contributed by atoms with Gasteiger partial charge in [-0.25, -0.2) is 9.71 Å². The molecule has 2 fully saturated rings. The zero-order chi connectivity index (χ0) is 27.9. The van der Waals surface area contributed by atoms with Crippen molar-refractivity contribution in [3.8, 4) is 5.75 Å². The van der Waals surface area contributed by atoms with Crippen LogP contribution in [0.3, 0.4) is 0 Å².